The van der Waals surface area contributed by atoms with Crippen LogP contribution in [0.3, 0.4) is 0 Å². The summed E-state index contributed by atoms with van der Waals surface area (Å²) in [7, 11) is 10.7. The van der Waals surface area contributed by atoms with Gasteiger partial charge in [0.15, 0.2) is 0 Å². The second-order valence-corrected chi connectivity index (χ2v) is 29.5. The van der Waals surface area contributed by atoms with E-state index in [4.69, 9.17) is 4.74 Å². The summed E-state index contributed by atoms with van der Waals surface area (Å²) < 4.78 is 107. The number of benzene rings is 1. The fourth-order valence-electron chi connectivity index (χ4n) is 15.4. The predicted molar refractivity (Wildman–Crippen MR) is 370 cm³/mol. The lowest BCUT2D eigenvalue weighted by Gasteiger charge is -2.46. The molecule has 6 aliphatic rings. The Labute approximate surface area is 609 Å². The summed E-state index contributed by atoms with van der Waals surface area (Å²) >= 11 is 0. The number of carbonyl (C=O) groups is 12. The van der Waals surface area contributed by atoms with Crippen LogP contribution in [0.5, 0.6) is 0 Å². The van der Waals surface area contributed by atoms with E-state index < -0.39 is 223 Å². The van der Waals surface area contributed by atoms with Crippen LogP contribution in [0.15, 0.2) is 36.9 Å². The van der Waals surface area contributed by atoms with E-state index in [1.165, 1.54) is 77.2 Å². The largest absolute Gasteiger partial charge is 0.422 e. The van der Waals surface area contributed by atoms with Gasteiger partial charge >= 0.3 is 6.18 Å². The molecule has 2 saturated heterocycles. The molecule has 7 rings (SSSR count). The highest BCUT2D eigenvalue weighted by Crippen LogP contribution is 2.41. The van der Waals surface area contributed by atoms with Crippen LogP contribution in [-0.2, 0) is 74.9 Å². The first-order valence-corrected chi connectivity index (χ1v) is 36.4. The highest BCUT2D eigenvalue weighted by molar-refractivity contribution is 6.01. The SMILES string of the molecule is C=CC[C@H]1C(=O)N[C@@H]([C@@H](C)CC)C(=O)N(C)CC(=O)N(C)[C@H]2C/C=C\CCN(C2=O)[C@@H](CC2CCC(F)(F)CC2)C(=O)N(C)CC(=O)N[C@@H](CCc2cc(F)c(C(F)(F)F)c(F)c2)C(=O)N2C[C@H](OCC)C[C@H]2C(=O)NC2(CCC2)C(=O)N(C)[C@@H](C2CCCC2)C(=O)N(C)[C@H](C(=O)N(C)C)CC(=O)N1C. The van der Waals surface area contributed by atoms with Crippen LogP contribution in [0.2, 0.25) is 0 Å². The maximum Gasteiger partial charge on any atom is 0.422 e. The minimum Gasteiger partial charge on any atom is -0.377 e. The Morgan fingerprint density at radius 1 is 0.724 bits per heavy atom. The lowest BCUT2D eigenvalue weighted by Crippen LogP contribution is -2.68. The highest BCUT2D eigenvalue weighted by Gasteiger charge is 2.54. The average molecular weight is 1490 g/mol. The molecule has 3 heterocycles. The first-order chi connectivity index (χ1) is 49.3. The van der Waals surface area contributed by atoms with Gasteiger partial charge in [-0.2, -0.15) is 13.2 Å². The van der Waals surface area contributed by atoms with Crippen molar-refractivity contribution in [3.8, 4) is 0 Å². The van der Waals surface area contributed by atoms with Crippen molar-refractivity contribution in [3.05, 3.63) is 59.7 Å². The van der Waals surface area contributed by atoms with Crippen LogP contribution in [0.1, 0.15) is 154 Å². The Hall–Kier alpha value is -8.19. The van der Waals surface area contributed by atoms with Crippen molar-refractivity contribution in [2.45, 2.75) is 221 Å². The van der Waals surface area contributed by atoms with Gasteiger partial charge in [0.2, 0.25) is 76.8 Å². The molecule has 2 bridgehead atoms. The van der Waals surface area contributed by atoms with Crippen LogP contribution in [-0.4, -0.2) is 270 Å². The molecule has 3 saturated carbocycles. The summed E-state index contributed by atoms with van der Waals surface area (Å²) in [5.74, 6) is -18.4. The van der Waals surface area contributed by atoms with Gasteiger partial charge in [-0.3, -0.25) is 57.5 Å². The maximum absolute atomic E-state index is 15.4. The number of halogens is 7. The zero-order valence-electron chi connectivity index (χ0n) is 62.2. The normalized spacial score (nSPS) is 27.8. The van der Waals surface area contributed by atoms with E-state index in [2.05, 4.69) is 22.5 Å². The second kappa shape index (κ2) is 35.9. The van der Waals surface area contributed by atoms with Crippen LogP contribution >= 0.6 is 0 Å². The number of aryl methyl sites for hydroxylation is 1. The molecule has 584 valence electrons. The molecule has 10 atom stereocenters. The molecule has 12 amide bonds. The zero-order chi connectivity index (χ0) is 77.9. The number of ether oxygens (including phenoxy) is 1. The third kappa shape index (κ3) is 20.1. The molecule has 3 aliphatic carbocycles. The minimum atomic E-state index is -5.44. The third-order valence-corrected chi connectivity index (χ3v) is 22.1. The summed E-state index contributed by atoms with van der Waals surface area (Å²) in [4.78, 5) is 190. The van der Waals surface area contributed by atoms with Crippen molar-refractivity contribution in [1.82, 2.24) is 60.0 Å². The van der Waals surface area contributed by atoms with E-state index >= 15 is 37.5 Å². The van der Waals surface area contributed by atoms with Crippen molar-refractivity contribution >= 4 is 70.9 Å². The molecule has 0 radical (unpaired) electrons. The van der Waals surface area contributed by atoms with E-state index in [1.54, 1.807) is 32.9 Å². The van der Waals surface area contributed by atoms with Gasteiger partial charge in [-0.15, -0.1) is 6.58 Å². The average Bonchev–Trinajstić information content (AvgIpc) is 1.66. The van der Waals surface area contributed by atoms with Gasteiger partial charge in [0.25, 0.3) is 0 Å². The maximum atomic E-state index is 15.4. The lowest BCUT2D eigenvalue weighted by atomic mass is 9.74. The second-order valence-electron chi connectivity index (χ2n) is 29.5. The number of fused-ring (bicyclic) bond motifs is 3. The van der Waals surface area contributed by atoms with Crippen LogP contribution in [0, 0.1) is 29.4 Å². The van der Waals surface area contributed by atoms with Gasteiger partial charge in [0.1, 0.15) is 71.1 Å². The van der Waals surface area contributed by atoms with Crippen molar-refractivity contribution in [3.63, 3.8) is 0 Å². The lowest BCUT2D eigenvalue weighted by molar-refractivity contribution is -0.157. The first-order valence-electron chi connectivity index (χ1n) is 36.4. The predicted octanol–water partition coefficient (Wildman–Crippen LogP) is 5.22. The highest BCUT2D eigenvalue weighted by atomic mass is 19.4. The van der Waals surface area contributed by atoms with Gasteiger partial charge in [-0.1, -0.05) is 51.3 Å². The van der Waals surface area contributed by atoms with Crippen molar-refractivity contribution in [2.24, 2.45) is 17.8 Å². The van der Waals surface area contributed by atoms with Crippen LogP contribution in [0.25, 0.3) is 0 Å². The molecular formula is C73H105F7N12O13. The molecule has 105 heavy (non-hydrogen) atoms. The summed E-state index contributed by atoms with van der Waals surface area (Å²) in [6, 6.07) is -10.7. The van der Waals surface area contributed by atoms with E-state index in [0.29, 0.717) is 50.7 Å². The van der Waals surface area contributed by atoms with Gasteiger partial charge in [0, 0.05) is 95.3 Å². The number of nitrogens with one attached hydrogen (secondary N) is 3. The Balaban J connectivity index is 1.33. The van der Waals surface area contributed by atoms with E-state index in [-0.39, 0.29) is 83.0 Å². The molecule has 25 nitrogen and oxygen atoms in total. The smallest absolute Gasteiger partial charge is 0.377 e. The summed E-state index contributed by atoms with van der Waals surface area (Å²) in [6.45, 7) is 6.98. The number of hydrogen-bond acceptors (Lipinski definition) is 13. The minimum absolute atomic E-state index is 0.0484. The van der Waals surface area contributed by atoms with Crippen molar-refractivity contribution < 1.29 is 93.0 Å². The molecule has 5 fully saturated rings. The monoisotopic (exact) mass is 1490 g/mol. The first kappa shape index (κ1) is 84.1. The molecule has 1 aromatic rings. The fourth-order valence-corrected chi connectivity index (χ4v) is 15.4. The molecular weight excluding hydrogens is 1390 g/mol. The molecule has 1 spiro atoms. The molecule has 0 aromatic heterocycles. The molecule has 0 unspecified atom stereocenters. The topological polar surface area (TPSA) is 279 Å². The van der Waals surface area contributed by atoms with Crippen LogP contribution < -0.4 is 16.0 Å². The number of likely N-dealkylation sites (N-methyl/N-ethyl adjacent to an activating group) is 7. The summed E-state index contributed by atoms with van der Waals surface area (Å²) in [6.07, 6.45) is -1.94. The van der Waals surface area contributed by atoms with E-state index in [0.717, 1.165) is 29.4 Å². The molecule has 1 aromatic carbocycles. The van der Waals surface area contributed by atoms with Crippen molar-refractivity contribution in [1.29, 1.82) is 0 Å². The molecule has 32 heteroatoms. The summed E-state index contributed by atoms with van der Waals surface area (Å²) in [5, 5.41) is 8.26. The van der Waals surface area contributed by atoms with E-state index in [9.17, 15) is 50.7 Å². The van der Waals surface area contributed by atoms with Gasteiger partial charge in [-0.05, 0) is 126 Å². The Bertz CT molecular complexity index is 3390. The number of carbonyl (C=O) groups excluding carboxylic acids is 12. The Morgan fingerprint density at radius 3 is 1.92 bits per heavy atom. The zero-order valence-corrected chi connectivity index (χ0v) is 62.2. The number of hydrogen-bond donors (Lipinski definition) is 3. The Morgan fingerprint density at radius 2 is 1.35 bits per heavy atom. The van der Waals surface area contributed by atoms with Crippen molar-refractivity contribution in [2.75, 3.05) is 89.2 Å². The molecule has 3 N–H and O–H groups in total. The molecule has 3 aliphatic heterocycles. The fraction of sp³-hybridized carbons (Fsp3) is 0.699. The van der Waals surface area contributed by atoms with Crippen LogP contribution in [0.4, 0.5) is 30.7 Å². The Kier molecular flexibility index (Phi) is 28.8. The third-order valence-electron chi connectivity index (χ3n) is 22.1. The van der Waals surface area contributed by atoms with Gasteiger partial charge in [0.05, 0.1) is 25.6 Å². The number of rotatable bonds is 13. The van der Waals surface area contributed by atoms with Gasteiger partial charge in [-0.25, -0.2) is 17.6 Å². The number of alkyl halides is 5. The summed E-state index contributed by atoms with van der Waals surface area (Å²) in [5.41, 5.74) is -4.25. The number of amides is 12. The van der Waals surface area contributed by atoms with Gasteiger partial charge < -0.3 is 64.8 Å². The quantitative estimate of drug-likeness (QED) is 0.169. The number of nitrogens with zero attached hydrogens (tertiary/aromatic N) is 9. The van der Waals surface area contributed by atoms with E-state index in [1.807, 2.05) is 0 Å². The standard InChI is InChI=1S/C73H105F7N12O13/c1-13-22-51-62(96)82-60(43(4)14-2)68(102)86(8)42-58(95)88(10)52-25-17-16-20-34-91(67(52)101)55(37-44-28-32-72(76,77)33-29-44)66(100)85(7)41-56(93)81-50(27-26-45-35-48(74)59(49(75)36-45)73(78,79)80)64(98)92-40-47(105-15-3)38-53(92)63(97)83-71(30-21-31-71)70(104)90(12)61(46-23-18-19-24-46)69(103)89(11)54(65(99)84(5)6)39-57(94)87(51)9/h13,16-17,35-36,43-44,46-47,50-55,60-61H,1,14-15,18-34,37-42H2,2-12H3,(H,81,93)(H,82,96)(H,83,97)/b17-16-/t43-,47+,50-,51-,52-,53-,54-,55-,60-,61-/m0/s1.